The fraction of sp³-hybridized carbons (Fsp3) is 0.314. The quantitative estimate of drug-likeness (QED) is 0.0726. The van der Waals surface area contributed by atoms with Crippen LogP contribution < -0.4 is 26.8 Å². The largest absolute Gasteiger partial charge is 0.496 e. The highest BCUT2D eigenvalue weighted by atomic mass is 16.7. The molecule has 13 heteroatoms. The van der Waals surface area contributed by atoms with Crippen LogP contribution in [0.3, 0.4) is 0 Å². The molecule has 2 unspecified atom stereocenters. The van der Waals surface area contributed by atoms with Crippen LogP contribution in [0.25, 0.3) is 17.2 Å². The number of amides is 2. The standard InChI is InChI=1S/C35H40N6O7/c1-6-21-15-26(32(42)40-23-11-9-22(10-12-23)31(37)38)25(16-28(21)46-5)24-13-14-27(33(43)39-17-20-7-8-20)41-30(24)35(45)48-19(4)47-34(44)29(36)18(2)3/h6,9-16,18-20,29H,1,7-8,17,36H2,2-5H3,(H3,37,38)(H,39,43)(H,40,42). The fourth-order valence-electron chi connectivity index (χ4n) is 4.63. The molecule has 13 nitrogen and oxygen atoms in total. The molecule has 2 amide bonds. The highest BCUT2D eigenvalue weighted by molar-refractivity contribution is 6.11. The fourth-order valence-corrected chi connectivity index (χ4v) is 4.63. The highest BCUT2D eigenvalue weighted by Crippen LogP contribution is 2.35. The van der Waals surface area contributed by atoms with E-state index in [1.807, 2.05) is 0 Å². The number of carbonyl (C=O) groups excluding carboxylic acids is 4. The molecule has 1 heterocycles. The lowest BCUT2D eigenvalue weighted by atomic mass is 9.94. The van der Waals surface area contributed by atoms with Gasteiger partial charge in [-0.15, -0.1) is 0 Å². The molecule has 1 saturated carbocycles. The Morgan fingerprint density at radius 3 is 2.29 bits per heavy atom. The van der Waals surface area contributed by atoms with Gasteiger partial charge in [-0.05, 0) is 73.2 Å². The van der Waals surface area contributed by atoms with E-state index in [1.165, 1.54) is 32.2 Å². The number of ether oxygens (including phenoxy) is 3. The van der Waals surface area contributed by atoms with E-state index < -0.39 is 36.1 Å². The van der Waals surface area contributed by atoms with E-state index >= 15 is 0 Å². The summed E-state index contributed by atoms with van der Waals surface area (Å²) in [6.45, 7) is 9.15. The van der Waals surface area contributed by atoms with Gasteiger partial charge in [0.15, 0.2) is 5.69 Å². The SMILES string of the molecule is C=Cc1cc(C(=O)Nc2ccc(C(=N)N)cc2)c(-c2ccc(C(=O)NCC3CC3)nc2C(=O)OC(C)OC(=O)C(N)C(C)C)cc1OC. The number of aromatic nitrogens is 1. The molecule has 2 aromatic carbocycles. The summed E-state index contributed by atoms with van der Waals surface area (Å²) < 4.78 is 16.3. The van der Waals surface area contributed by atoms with Gasteiger partial charge < -0.3 is 36.3 Å². The molecule has 0 radical (unpaired) electrons. The Balaban J connectivity index is 1.77. The summed E-state index contributed by atoms with van der Waals surface area (Å²) in [6.07, 6.45) is 2.21. The predicted molar refractivity (Wildman–Crippen MR) is 181 cm³/mol. The number of hydrogen-bond donors (Lipinski definition) is 5. The number of esters is 2. The van der Waals surface area contributed by atoms with E-state index in [2.05, 4.69) is 22.2 Å². The number of nitrogens with zero attached hydrogens (tertiary/aromatic N) is 1. The average Bonchev–Trinajstić information content (AvgIpc) is 3.90. The minimum absolute atomic E-state index is 0.0518. The highest BCUT2D eigenvalue weighted by Gasteiger charge is 2.28. The summed E-state index contributed by atoms with van der Waals surface area (Å²) in [6, 6.07) is 11.5. The van der Waals surface area contributed by atoms with Crippen molar-refractivity contribution in [2.45, 2.75) is 45.9 Å². The molecule has 1 aromatic heterocycles. The average molecular weight is 657 g/mol. The molecule has 0 spiro atoms. The van der Waals surface area contributed by atoms with E-state index in [-0.39, 0.29) is 39.8 Å². The van der Waals surface area contributed by atoms with Crippen LogP contribution in [0.1, 0.15) is 76.1 Å². The number of methoxy groups -OCH3 is 1. The Hall–Kier alpha value is -5.56. The third-order valence-corrected chi connectivity index (χ3v) is 7.69. The molecular weight excluding hydrogens is 616 g/mol. The van der Waals surface area contributed by atoms with Gasteiger partial charge in [0.25, 0.3) is 11.8 Å². The van der Waals surface area contributed by atoms with E-state index in [1.54, 1.807) is 50.2 Å². The van der Waals surface area contributed by atoms with Crippen molar-refractivity contribution in [2.24, 2.45) is 23.3 Å². The van der Waals surface area contributed by atoms with Crippen molar-refractivity contribution in [3.05, 3.63) is 83.2 Å². The first-order valence-corrected chi connectivity index (χ1v) is 15.4. The van der Waals surface area contributed by atoms with Crippen molar-refractivity contribution in [3.8, 4) is 16.9 Å². The van der Waals surface area contributed by atoms with Crippen LogP contribution in [-0.4, -0.2) is 60.6 Å². The minimum Gasteiger partial charge on any atom is -0.496 e. The number of hydrogen-bond acceptors (Lipinski definition) is 10. The van der Waals surface area contributed by atoms with Gasteiger partial charge >= 0.3 is 11.9 Å². The Kier molecular flexibility index (Phi) is 11.3. The predicted octanol–water partition coefficient (Wildman–Crippen LogP) is 4.11. The van der Waals surface area contributed by atoms with Crippen molar-refractivity contribution < 1.29 is 33.4 Å². The van der Waals surface area contributed by atoms with Gasteiger partial charge in [-0.3, -0.25) is 19.8 Å². The zero-order valence-electron chi connectivity index (χ0n) is 27.3. The summed E-state index contributed by atoms with van der Waals surface area (Å²) in [5.74, 6) is -2.41. The van der Waals surface area contributed by atoms with Crippen LogP contribution in [0.5, 0.6) is 5.75 Å². The van der Waals surface area contributed by atoms with Crippen molar-refractivity contribution in [1.82, 2.24) is 10.3 Å². The Labute approximate surface area is 278 Å². The first-order chi connectivity index (χ1) is 22.8. The molecule has 0 saturated heterocycles. The zero-order chi connectivity index (χ0) is 35.1. The number of pyridine rings is 1. The molecule has 1 aliphatic carbocycles. The normalized spacial score (nSPS) is 13.5. The molecule has 0 bridgehead atoms. The third-order valence-electron chi connectivity index (χ3n) is 7.69. The second-order valence-corrected chi connectivity index (χ2v) is 11.7. The zero-order valence-corrected chi connectivity index (χ0v) is 27.3. The molecule has 0 aliphatic heterocycles. The lowest BCUT2D eigenvalue weighted by molar-refractivity contribution is -0.168. The monoisotopic (exact) mass is 656 g/mol. The molecule has 3 aromatic rings. The van der Waals surface area contributed by atoms with Gasteiger partial charge in [0.2, 0.25) is 6.29 Å². The van der Waals surface area contributed by atoms with Crippen molar-refractivity contribution >= 4 is 41.4 Å². The Bertz CT molecular complexity index is 1730. The van der Waals surface area contributed by atoms with Crippen LogP contribution in [0.4, 0.5) is 5.69 Å². The molecule has 4 rings (SSSR count). The number of carbonyl (C=O) groups is 4. The summed E-state index contributed by atoms with van der Waals surface area (Å²) in [7, 11) is 1.45. The number of rotatable bonds is 14. The molecule has 1 fully saturated rings. The molecule has 1 aliphatic rings. The number of anilines is 1. The van der Waals surface area contributed by atoms with E-state index in [9.17, 15) is 19.2 Å². The first kappa shape index (κ1) is 35.3. The van der Waals surface area contributed by atoms with Crippen molar-refractivity contribution in [2.75, 3.05) is 19.0 Å². The minimum atomic E-state index is -1.35. The number of amidine groups is 1. The van der Waals surface area contributed by atoms with Gasteiger partial charge in [0, 0.05) is 47.0 Å². The topological polar surface area (TPSA) is 209 Å². The number of nitrogens with one attached hydrogen (secondary N) is 3. The maximum Gasteiger partial charge on any atom is 0.360 e. The van der Waals surface area contributed by atoms with Crippen molar-refractivity contribution in [1.29, 1.82) is 5.41 Å². The van der Waals surface area contributed by atoms with Gasteiger partial charge in [0.05, 0.1) is 7.11 Å². The Morgan fingerprint density at radius 1 is 1.02 bits per heavy atom. The van der Waals surface area contributed by atoms with E-state index in [0.29, 0.717) is 35.0 Å². The first-order valence-electron chi connectivity index (χ1n) is 15.4. The third kappa shape index (κ3) is 8.62. The van der Waals surface area contributed by atoms with Crippen LogP contribution in [-0.2, 0) is 14.3 Å². The van der Waals surface area contributed by atoms with Crippen LogP contribution in [0.15, 0.2) is 55.1 Å². The summed E-state index contributed by atoms with van der Waals surface area (Å²) in [5, 5.41) is 13.2. The molecule has 7 N–H and O–H groups in total. The summed E-state index contributed by atoms with van der Waals surface area (Å²) in [5.41, 5.74) is 13.0. The van der Waals surface area contributed by atoms with Gasteiger partial charge in [-0.1, -0.05) is 26.5 Å². The molecule has 48 heavy (non-hydrogen) atoms. The van der Waals surface area contributed by atoms with Gasteiger partial charge in [-0.25, -0.2) is 9.78 Å². The smallest absolute Gasteiger partial charge is 0.360 e. The Morgan fingerprint density at radius 2 is 1.71 bits per heavy atom. The maximum absolute atomic E-state index is 13.8. The second-order valence-electron chi connectivity index (χ2n) is 11.7. The number of nitrogen functional groups attached to an aromatic ring is 1. The molecule has 2 atom stereocenters. The van der Waals surface area contributed by atoms with Gasteiger partial charge in [0.1, 0.15) is 23.3 Å². The van der Waals surface area contributed by atoms with Crippen LogP contribution in [0.2, 0.25) is 0 Å². The summed E-state index contributed by atoms with van der Waals surface area (Å²) in [4.78, 5) is 57.3. The number of nitrogens with two attached hydrogens (primary N) is 2. The summed E-state index contributed by atoms with van der Waals surface area (Å²) >= 11 is 0. The molecular formula is C35H40N6O7. The number of benzene rings is 2. The maximum atomic E-state index is 13.8. The van der Waals surface area contributed by atoms with Crippen molar-refractivity contribution in [3.63, 3.8) is 0 Å². The van der Waals surface area contributed by atoms with E-state index in [4.69, 9.17) is 31.1 Å². The lowest BCUT2D eigenvalue weighted by Crippen LogP contribution is -2.39. The van der Waals surface area contributed by atoms with Gasteiger partial charge in [-0.2, -0.15) is 0 Å². The lowest BCUT2D eigenvalue weighted by Gasteiger charge is -2.20. The van der Waals surface area contributed by atoms with Crippen LogP contribution in [0, 0.1) is 17.2 Å². The molecule has 252 valence electrons. The van der Waals surface area contributed by atoms with Crippen LogP contribution >= 0.6 is 0 Å². The second kappa shape index (κ2) is 15.4. The van der Waals surface area contributed by atoms with E-state index in [0.717, 1.165) is 12.8 Å².